The number of carbonyl (C=O) groups is 1. The fraction of sp³-hybridized carbons (Fsp3) is 0.643. The molecule has 1 aromatic heterocycles. The molecule has 1 heterocycles. The third kappa shape index (κ3) is 2.45. The minimum atomic E-state index is -0.495. The summed E-state index contributed by atoms with van der Waals surface area (Å²) in [4.78, 5) is 14.7. The van der Waals surface area contributed by atoms with E-state index in [0.717, 1.165) is 25.7 Å². The smallest absolute Gasteiger partial charge is 0.313 e. The SMILES string of the molecule is CCc1ccc(CC(CN)(C(=O)OC)C2CC2)s1. The fourth-order valence-electron chi connectivity index (χ4n) is 2.56. The normalized spacial score (nSPS) is 18.4. The molecule has 1 aromatic rings. The summed E-state index contributed by atoms with van der Waals surface area (Å²) in [5, 5.41) is 0. The highest BCUT2D eigenvalue weighted by atomic mass is 32.1. The number of methoxy groups -OCH3 is 1. The van der Waals surface area contributed by atoms with Gasteiger partial charge in [0.1, 0.15) is 0 Å². The zero-order chi connectivity index (χ0) is 13.2. The van der Waals surface area contributed by atoms with Gasteiger partial charge >= 0.3 is 5.97 Å². The van der Waals surface area contributed by atoms with Gasteiger partial charge < -0.3 is 10.5 Å². The van der Waals surface area contributed by atoms with Crippen LogP contribution in [0.1, 0.15) is 29.5 Å². The van der Waals surface area contributed by atoms with E-state index in [-0.39, 0.29) is 5.97 Å². The maximum absolute atomic E-state index is 12.1. The van der Waals surface area contributed by atoms with Gasteiger partial charge in [0.15, 0.2) is 0 Å². The largest absolute Gasteiger partial charge is 0.469 e. The van der Waals surface area contributed by atoms with Gasteiger partial charge in [0.25, 0.3) is 0 Å². The van der Waals surface area contributed by atoms with Gasteiger partial charge in [-0.3, -0.25) is 4.79 Å². The van der Waals surface area contributed by atoms with Gasteiger partial charge in [0.05, 0.1) is 12.5 Å². The second-order valence-corrected chi connectivity index (χ2v) is 6.28. The van der Waals surface area contributed by atoms with Crippen molar-refractivity contribution in [3.8, 4) is 0 Å². The average molecular weight is 267 g/mol. The van der Waals surface area contributed by atoms with Crippen LogP contribution in [-0.2, 0) is 22.4 Å². The van der Waals surface area contributed by atoms with Crippen LogP contribution in [-0.4, -0.2) is 19.6 Å². The highest BCUT2D eigenvalue weighted by Crippen LogP contribution is 2.48. The van der Waals surface area contributed by atoms with Gasteiger partial charge in [0, 0.05) is 16.3 Å². The van der Waals surface area contributed by atoms with E-state index in [4.69, 9.17) is 10.5 Å². The van der Waals surface area contributed by atoms with Crippen LogP contribution in [0.15, 0.2) is 12.1 Å². The zero-order valence-electron chi connectivity index (χ0n) is 11.1. The molecule has 3 nitrogen and oxygen atoms in total. The molecule has 1 fully saturated rings. The Morgan fingerprint density at radius 3 is 2.61 bits per heavy atom. The van der Waals surface area contributed by atoms with Crippen LogP contribution in [0, 0.1) is 11.3 Å². The lowest BCUT2D eigenvalue weighted by Crippen LogP contribution is -2.43. The van der Waals surface area contributed by atoms with E-state index >= 15 is 0 Å². The second kappa shape index (κ2) is 5.41. The van der Waals surface area contributed by atoms with Crippen molar-refractivity contribution in [3.63, 3.8) is 0 Å². The molecule has 2 rings (SSSR count). The van der Waals surface area contributed by atoms with Crippen molar-refractivity contribution in [2.24, 2.45) is 17.1 Å². The predicted molar refractivity (Wildman–Crippen MR) is 73.6 cm³/mol. The molecule has 100 valence electrons. The van der Waals surface area contributed by atoms with Gasteiger partial charge in [-0.15, -0.1) is 11.3 Å². The van der Waals surface area contributed by atoms with Gasteiger partial charge in [-0.25, -0.2) is 0 Å². The molecule has 1 unspecified atom stereocenters. The molecular weight excluding hydrogens is 246 g/mol. The van der Waals surface area contributed by atoms with E-state index in [2.05, 4.69) is 19.1 Å². The summed E-state index contributed by atoms with van der Waals surface area (Å²) in [7, 11) is 1.46. The Labute approximate surface area is 112 Å². The molecule has 1 saturated carbocycles. The minimum absolute atomic E-state index is 0.140. The molecule has 4 heteroatoms. The molecule has 0 aliphatic heterocycles. The first-order chi connectivity index (χ1) is 8.66. The quantitative estimate of drug-likeness (QED) is 0.805. The number of carbonyl (C=O) groups excluding carboxylic acids is 1. The van der Waals surface area contributed by atoms with Gasteiger partial charge in [-0.05, 0) is 43.7 Å². The first-order valence-electron chi connectivity index (χ1n) is 6.52. The Morgan fingerprint density at radius 2 is 2.17 bits per heavy atom. The third-order valence-corrected chi connectivity index (χ3v) is 5.10. The number of ether oxygens (including phenoxy) is 1. The number of hydrogen-bond acceptors (Lipinski definition) is 4. The summed E-state index contributed by atoms with van der Waals surface area (Å²) in [5.74, 6) is 0.265. The van der Waals surface area contributed by atoms with Crippen LogP contribution in [0.25, 0.3) is 0 Å². The molecule has 0 bridgehead atoms. The molecule has 1 atom stereocenters. The van der Waals surface area contributed by atoms with Crippen LogP contribution in [0.3, 0.4) is 0 Å². The predicted octanol–water partition coefficient (Wildman–Crippen LogP) is 2.38. The first-order valence-corrected chi connectivity index (χ1v) is 7.34. The second-order valence-electron chi connectivity index (χ2n) is 5.02. The standard InChI is InChI=1S/C14H21NO2S/c1-3-11-6-7-12(18-11)8-14(9-15,10-4-5-10)13(16)17-2/h6-7,10H,3-5,8-9,15H2,1-2H3. The van der Waals surface area contributed by atoms with E-state index in [0.29, 0.717) is 12.5 Å². The Bertz CT molecular complexity index is 425. The Hall–Kier alpha value is -0.870. The zero-order valence-corrected chi connectivity index (χ0v) is 11.9. The van der Waals surface area contributed by atoms with E-state index in [1.54, 1.807) is 11.3 Å². The molecule has 1 aliphatic carbocycles. The minimum Gasteiger partial charge on any atom is -0.469 e. The molecule has 0 aromatic carbocycles. The van der Waals surface area contributed by atoms with Gasteiger partial charge in [-0.1, -0.05) is 6.92 Å². The van der Waals surface area contributed by atoms with Crippen LogP contribution in [0.5, 0.6) is 0 Å². The number of hydrogen-bond donors (Lipinski definition) is 1. The summed E-state index contributed by atoms with van der Waals surface area (Å²) in [6.07, 6.45) is 3.96. The highest BCUT2D eigenvalue weighted by molar-refractivity contribution is 7.12. The lowest BCUT2D eigenvalue weighted by Gasteiger charge is -2.29. The molecule has 2 N–H and O–H groups in total. The van der Waals surface area contributed by atoms with Crippen LogP contribution < -0.4 is 5.73 Å². The molecule has 0 amide bonds. The maximum atomic E-state index is 12.1. The summed E-state index contributed by atoms with van der Waals surface area (Å²) in [6.45, 7) is 2.52. The molecular formula is C14H21NO2S. The van der Waals surface area contributed by atoms with Crippen molar-refractivity contribution in [2.75, 3.05) is 13.7 Å². The van der Waals surface area contributed by atoms with E-state index in [9.17, 15) is 4.79 Å². The van der Waals surface area contributed by atoms with E-state index in [1.165, 1.54) is 16.9 Å². The van der Waals surface area contributed by atoms with Crippen LogP contribution in [0.4, 0.5) is 0 Å². The Balaban J connectivity index is 2.21. The summed E-state index contributed by atoms with van der Waals surface area (Å²) in [5.41, 5.74) is 5.42. The van der Waals surface area contributed by atoms with Crippen LogP contribution in [0.2, 0.25) is 0 Å². The Morgan fingerprint density at radius 1 is 1.50 bits per heavy atom. The lowest BCUT2D eigenvalue weighted by molar-refractivity contribution is -0.153. The van der Waals surface area contributed by atoms with Gasteiger partial charge in [0.2, 0.25) is 0 Å². The van der Waals surface area contributed by atoms with Crippen molar-refractivity contribution in [2.45, 2.75) is 32.6 Å². The topological polar surface area (TPSA) is 52.3 Å². The van der Waals surface area contributed by atoms with Gasteiger partial charge in [-0.2, -0.15) is 0 Å². The highest BCUT2D eigenvalue weighted by Gasteiger charge is 2.51. The molecule has 0 radical (unpaired) electrons. The van der Waals surface area contributed by atoms with Crippen molar-refractivity contribution in [1.29, 1.82) is 0 Å². The number of aryl methyl sites for hydroxylation is 1. The van der Waals surface area contributed by atoms with Crippen molar-refractivity contribution in [3.05, 3.63) is 21.9 Å². The van der Waals surface area contributed by atoms with Crippen molar-refractivity contribution >= 4 is 17.3 Å². The van der Waals surface area contributed by atoms with Crippen molar-refractivity contribution < 1.29 is 9.53 Å². The van der Waals surface area contributed by atoms with E-state index < -0.39 is 5.41 Å². The average Bonchev–Trinajstić information content (AvgIpc) is 3.16. The maximum Gasteiger partial charge on any atom is 0.313 e. The van der Waals surface area contributed by atoms with Crippen molar-refractivity contribution in [1.82, 2.24) is 0 Å². The number of rotatable bonds is 6. The first kappa shape index (κ1) is 13.6. The number of esters is 1. The summed E-state index contributed by atoms with van der Waals surface area (Å²) >= 11 is 1.78. The number of thiophene rings is 1. The molecule has 0 spiro atoms. The summed E-state index contributed by atoms with van der Waals surface area (Å²) < 4.78 is 5.00. The van der Waals surface area contributed by atoms with Crippen LogP contribution >= 0.6 is 11.3 Å². The molecule has 1 aliphatic rings. The lowest BCUT2D eigenvalue weighted by atomic mass is 9.79. The third-order valence-electron chi connectivity index (χ3n) is 3.87. The molecule has 18 heavy (non-hydrogen) atoms. The van der Waals surface area contributed by atoms with E-state index in [1.807, 2.05) is 0 Å². The monoisotopic (exact) mass is 267 g/mol. The number of nitrogens with two attached hydrogens (primary N) is 1. The fourth-order valence-corrected chi connectivity index (χ4v) is 3.65. The molecule has 0 saturated heterocycles. The Kier molecular flexibility index (Phi) is 4.07. The summed E-state index contributed by atoms with van der Waals surface area (Å²) in [6, 6.07) is 4.27.